The molecule has 0 fully saturated rings. The number of nitrogens with one attached hydrogen (secondary N) is 2. The summed E-state index contributed by atoms with van der Waals surface area (Å²) in [4.78, 5) is 29.3. The molecule has 0 saturated heterocycles. The number of hydrogen-bond acceptors (Lipinski definition) is 6. The Morgan fingerprint density at radius 3 is 2.66 bits per heavy atom. The van der Waals surface area contributed by atoms with E-state index >= 15 is 0 Å². The van der Waals surface area contributed by atoms with Crippen molar-refractivity contribution in [1.82, 2.24) is 14.7 Å². The summed E-state index contributed by atoms with van der Waals surface area (Å²) in [6.45, 7) is 1.72. The van der Waals surface area contributed by atoms with Gasteiger partial charge < -0.3 is 10.6 Å². The van der Waals surface area contributed by atoms with Crippen molar-refractivity contribution in [3.63, 3.8) is 0 Å². The van der Waals surface area contributed by atoms with E-state index in [1.165, 1.54) is 36.9 Å². The summed E-state index contributed by atoms with van der Waals surface area (Å²) >= 11 is 1.19. The Bertz CT molecular complexity index is 1120. The molecule has 1 aromatic carbocycles. The maximum Gasteiger partial charge on any atom is 0.258 e. The number of anilines is 1. The van der Waals surface area contributed by atoms with Crippen molar-refractivity contribution < 1.29 is 14.0 Å². The van der Waals surface area contributed by atoms with E-state index < -0.39 is 17.6 Å². The number of aryl methyl sites for hydroxylation is 1. The summed E-state index contributed by atoms with van der Waals surface area (Å²) in [5, 5.41) is 13.9. The van der Waals surface area contributed by atoms with Crippen molar-refractivity contribution in [2.24, 2.45) is 0 Å². The van der Waals surface area contributed by atoms with Gasteiger partial charge in [0.05, 0.1) is 22.4 Å². The number of carbonyl (C=O) groups is 2. The summed E-state index contributed by atoms with van der Waals surface area (Å²) in [5.74, 6) is -1.70. The molecule has 0 spiro atoms. The zero-order valence-corrected chi connectivity index (χ0v) is 16.4. The van der Waals surface area contributed by atoms with E-state index in [1.807, 2.05) is 6.07 Å². The van der Waals surface area contributed by atoms with Gasteiger partial charge in [-0.3, -0.25) is 14.6 Å². The van der Waals surface area contributed by atoms with Gasteiger partial charge in [0.2, 0.25) is 0 Å². The Kier molecular flexibility index (Phi) is 5.95. The van der Waals surface area contributed by atoms with Crippen LogP contribution in [0.15, 0.2) is 36.5 Å². The lowest BCUT2D eigenvalue weighted by molar-refractivity contribution is 0.0958. The number of rotatable bonds is 5. The summed E-state index contributed by atoms with van der Waals surface area (Å²) < 4.78 is 18.4. The topological polar surface area (TPSA) is 108 Å². The number of amides is 2. The van der Waals surface area contributed by atoms with Crippen molar-refractivity contribution in [1.29, 1.82) is 5.26 Å². The second-order valence-corrected chi connectivity index (χ2v) is 6.98. The van der Waals surface area contributed by atoms with Crippen LogP contribution in [-0.4, -0.2) is 28.2 Å². The average molecular weight is 409 g/mol. The van der Waals surface area contributed by atoms with E-state index in [2.05, 4.69) is 20.0 Å². The fourth-order valence-electron chi connectivity index (χ4n) is 2.69. The van der Waals surface area contributed by atoms with E-state index in [9.17, 15) is 14.0 Å². The molecule has 0 radical (unpaired) electrons. The molecule has 3 aromatic rings. The Balaban J connectivity index is 1.81. The first-order chi connectivity index (χ1) is 13.9. The first kappa shape index (κ1) is 20.1. The van der Waals surface area contributed by atoms with E-state index in [1.54, 1.807) is 19.1 Å². The maximum atomic E-state index is 14.1. The highest BCUT2D eigenvalue weighted by Crippen LogP contribution is 2.23. The van der Waals surface area contributed by atoms with Crippen molar-refractivity contribution in [2.75, 3.05) is 12.4 Å². The lowest BCUT2D eigenvalue weighted by atomic mass is 10.1. The van der Waals surface area contributed by atoms with E-state index in [4.69, 9.17) is 5.26 Å². The van der Waals surface area contributed by atoms with Crippen molar-refractivity contribution in [3.8, 4) is 6.07 Å². The first-order valence-corrected chi connectivity index (χ1v) is 9.33. The van der Waals surface area contributed by atoms with Gasteiger partial charge in [0, 0.05) is 35.9 Å². The quantitative estimate of drug-likeness (QED) is 0.673. The molecule has 0 aliphatic rings. The van der Waals surface area contributed by atoms with Crippen LogP contribution in [-0.2, 0) is 6.42 Å². The molecule has 0 aliphatic heterocycles. The lowest BCUT2D eigenvalue weighted by Gasteiger charge is -2.09. The molecule has 2 N–H and O–H groups in total. The third kappa shape index (κ3) is 4.44. The molecule has 2 heterocycles. The van der Waals surface area contributed by atoms with Gasteiger partial charge >= 0.3 is 0 Å². The normalized spacial score (nSPS) is 10.3. The maximum absolute atomic E-state index is 14.1. The monoisotopic (exact) mass is 409 g/mol. The minimum absolute atomic E-state index is 0.105. The van der Waals surface area contributed by atoms with Crippen LogP contribution in [0.3, 0.4) is 0 Å². The molecular weight excluding hydrogens is 393 g/mol. The van der Waals surface area contributed by atoms with Gasteiger partial charge in [-0.2, -0.15) is 9.64 Å². The second kappa shape index (κ2) is 8.58. The van der Waals surface area contributed by atoms with Gasteiger partial charge in [-0.1, -0.05) is 0 Å². The smallest absolute Gasteiger partial charge is 0.258 e. The molecular formula is C20H16FN5O2S. The van der Waals surface area contributed by atoms with E-state index in [0.29, 0.717) is 33.8 Å². The van der Waals surface area contributed by atoms with Crippen LogP contribution >= 0.6 is 11.5 Å². The van der Waals surface area contributed by atoms with Gasteiger partial charge in [0.1, 0.15) is 11.9 Å². The molecule has 3 rings (SSSR count). The third-order valence-corrected chi connectivity index (χ3v) is 5.09. The lowest BCUT2D eigenvalue weighted by Crippen LogP contribution is -2.20. The number of halogens is 1. The predicted molar refractivity (Wildman–Crippen MR) is 106 cm³/mol. The van der Waals surface area contributed by atoms with Gasteiger partial charge in [-0.05, 0) is 48.8 Å². The molecule has 2 amide bonds. The zero-order chi connectivity index (χ0) is 21.0. The van der Waals surface area contributed by atoms with Crippen LogP contribution in [0.1, 0.15) is 42.5 Å². The van der Waals surface area contributed by atoms with Crippen LogP contribution in [0, 0.1) is 24.1 Å². The standard InChI is InChI=1S/C20H16FN5O2S/c1-11-18(17(29-26-11)8-13-4-3-12(9-22)10-24-13)20(28)25-14-5-6-15(16(21)7-14)19(27)23-2/h3-7,10H,8H2,1-2H3,(H,23,27)(H,25,28). The fourth-order valence-corrected chi connectivity index (χ4v) is 3.58. The minimum Gasteiger partial charge on any atom is -0.355 e. The van der Waals surface area contributed by atoms with Gasteiger partial charge in [0.25, 0.3) is 11.8 Å². The highest BCUT2D eigenvalue weighted by Gasteiger charge is 2.20. The van der Waals surface area contributed by atoms with Crippen LogP contribution < -0.4 is 10.6 Å². The number of nitrogens with zero attached hydrogens (tertiary/aromatic N) is 3. The third-order valence-electron chi connectivity index (χ3n) is 4.15. The SMILES string of the molecule is CNC(=O)c1ccc(NC(=O)c2c(C)nsc2Cc2ccc(C#N)cn2)cc1F. The second-order valence-electron chi connectivity index (χ2n) is 6.12. The number of pyridine rings is 1. The number of aromatic nitrogens is 2. The highest BCUT2D eigenvalue weighted by molar-refractivity contribution is 7.06. The van der Waals surface area contributed by atoms with Gasteiger partial charge in [0.15, 0.2) is 0 Å². The van der Waals surface area contributed by atoms with Crippen LogP contribution in [0.5, 0.6) is 0 Å². The molecule has 146 valence electrons. The zero-order valence-electron chi connectivity index (χ0n) is 15.6. The number of benzene rings is 1. The molecule has 0 unspecified atom stereocenters. The molecule has 9 heteroatoms. The van der Waals surface area contributed by atoms with E-state index in [-0.39, 0.29) is 11.3 Å². The molecule has 0 bridgehead atoms. The van der Waals surface area contributed by atoms with Crippen LogP contribution in [0.4, 0.5) is 10.1 Å². The van der Waals surface area contributed by atoms with Crippen molar-refractivity contribution in [3.05, 3.63) is 75.3 Å². The molecule has 7 nitrogen and oxygen atoms in total. The Morgan fingerprint density at radius 2 is 2.03 bits per heavy atom. The van der Waals surface area contributed by atoms with Crippen LogP contribution in [0.25, 0.3) is 0 Å². The number of hydrogen-bond donors (Lipinski definition) is 2. The van der Waals surface area contributed by atoms with Crippen LogP contribution in [0.2, 0.25) is 0 Å². The number of carbonyl (C=O) groups excluding carboxylic acids is 2. The summed E-state index contributed by atoms with van der Waals surface area (Å²) in [6, 6.07) is 9.26. The molecule has 2 aromatic heterocycles. The summed E-state index contributed by atoms with van der Waals surface area (Å²) in [6.07, 6.45) is 1.85. The molecule has 29 heavy (non-hydrogen) atoms. The average Bonchev–Trinajstić information content (AvgIpc) is 3.08. The van der Waals surface area contributed by atoms with Gasteiger partial charge in [-0.25, -0.2) is 4.39 Å². The van der Waals surface area contributed by atoms with Crippen molar-refractivity contribution in [2.45, 2.75) is 13.3 Å². The number of nitriles is 1. The Labute approximate surface area is 170 Å². The molecule has 0 saturated carbocycles. The minimum atomic E-state index is -0.732. The fraction of sp³-hybridized carbons (Fsp3) is 0.150. The Morgan fingerprint density at radius 1 is 1.24 bits per heavy atom. The summed E-state index contributed by atoms with van der Waals surface area (Å²) in [7, 11) is 1.41. The largest absolute Gasteiger partial charge is 0.355 e. The summed E-state index contributed by atoms with van der Waals surface area (Å²) in [5.41, 5.74) is 2.23. The van der Waals surface area contributed by atoms with Gasteiger partial charge in [-0.15, -0.1) is 0 Å². The molecule has 0 atom stereocenters. The first-order valence-electron chi connectivity index (χ1n) is 8.56. The van der Waals surface area contributed by atoms with Crippen molar-refractivity contribution >= 4 is 29.0 Å². The Hall–Kier alpha value is -3.64. The highest BCUT2D eigenvalue weighted by atomic mass is 32.1. The molecule has 0 aliphatic carbocycles. The van der Waals surface area contributed by atoms with E-state index in [0.717, 1.165) is 6.07 Å². The predicted octanol–water partition coefficient (Wildman–Crippen LogP) is 3.06.